The summed E-state index contributed by atoms with van der Waals surface area (Å²) >= 11 is 5.97. The van der Waals surface area contributed by atoms with Crippen molar-refractivity contribution in [2.45, 2.75) is 4.90 Å². The van der Waals surface area contributed by atoms with E-state index < -0.39 is 21.8 Å². The molecule has 2 N–H and O–H groups in total. The molecule has 1 heterocycles. The van der Waals surface area contributed by atoms with Crippen LogP contribution in [0.25, 0.3) is 0 Å². The molecule has 0 atom stereocenters. The van der Waals surface area contributed by atoms with Gasteiger partial charge in [-0.1, -0.05) is 11.6 Å². The maximum atomic E-state index is 13.2. The topological polar surface area (TPSA) is 89.9 Å². The van der Waals surface area contributed by atoms with E-state index >= 15 is 0 Å². The lowest BCUT2D eigenvalue weighted by Gasteiger charge is -2.38. The Hall–Kier alpha value is -3.30. The maximum Gasteiger partial charge on any atom is 0.335 e. The number of hydrogen-bond acceptors (Lipinski definition) is 5. The van der Waals surface area contributed by atoms with Gasteiger partial charge in [0, 0.05) is 36.9 Å². The number of halogens is 2. The molecule has 0 radical (unpaired) electrons. The van der Waals surface area contributed by atoms with Gasteiger partial charge < -0.3 is 14.9 Å². The molecule has 1 saturated heterocycles. The number of anilines is 3. The zero-order valence-electron chi connectivity index (χ0n) is 17.4. The highest BCUT2D eigenvalue weighted by molar-refractivity contribution is 7.92. The largest absolute Gasteiger partial charge is 0.478 e. The average Bonchev–Trinajstić information content (AvgIpc) is 2.80. The predicted octanol–water partition coefficient (Wildman–Crippen LogP) is 4.30. The Balaban J connectivity index is 1.59. The third kappa shape index (κ3) is 5.20. The molecule has 0 bridgehead atoms. The summed E-state index contributed by atoms with van der Waals surface area (Å²) in [5.74, 6) is -1.72. The molecule has 0 unspecified atom stereocenters. The normalized spacial score (nSPS) is 14.2. The van der Waals surface area contributed by atoms with Gasteiger partial charge in [0.25, 0.3) is 10.0 Å². The van der Waals surface area contributed by atoms with Gasteiger partial charge in [0.1, 0.15) is 5.82 Å². The highest BCUT2D eigenvalue weighted by Gasteiger charge is 2.23. The summed E-state index contributed by atoms with van der Waals surface area (Å²) in [4.78, 5) is 15.6. The number of nitrogens with zero attached hydrogens (tertiary/aromatic N) is 2. The average molecular weight is 490 g/mol. The molecule has 1 fully saturated rings. The van der Waals surface area contributed by atoms with Crippen molar-refractivity contribution in [3.63, 3.8) is 0 Å². The number of aromatic carboxylic acids is 1. The lowest BCUT2D eigenvalue weighted by Crippen LogP contribution is -2.46. The predicted molar refractivity (Wildman–Crippen MR) is 126 cm³/mol. The van der Waals surface area contributed by atoms with Crippen LogP contribution >= 0.6 is 11.6 Å². The first-order valence-corrected chi connectivity index (χ1v) is 12.0. The quantitative estimate of drug-likeness (QED) is 0.536. The van der Waals surface area contributed by atoms with Crippen molar-refractivity contribution in [2.24, 2.45) is 0 Å². The van der Waals surface area contributed by atoms with Gasteiger partial charge in [-0.05, 0) is 66.7 Å². The Kier molecular flexibility index (Phi) is 6.44. The van der Waals surface area contributed by atoms with Crippen LogP contribution in [0.3, 0.4) is 0 Å². The SMILES string of the molecule is O=C(O)c1ccc(N2CCN(c3ccc(Cl)cc3)CC2)c(NS(=O)(=O)c2ccc(F)cc2)c1. The summed E-state index contributed by atoms with van der Waals surface area (Å²) in [5, 5.41) is 10.0. The van der Waals surface area contributed by atoms with Crippen LogP contribution in [0.15, 0.2) is 71.6 Å². The van der Waals surface area contributed by atoms with Crippen LogP contribution in [0.2, 0.25) is 5.02 Å². The summed E-state index contributed by atoms with van der Waals surface area (Å²) < 4.78 is 41.5. The van der Waals surface area contributed by atoms with Crippen LogP contribution in [0.1, 0.15) is 10.4 Å². The number of sulfonamides is 1. The number of benzene rings is 3. The zero-order valence-corrected chi connectivity index (χ0v) is 19.0. The Bertz CT molecular complexity index is 1260. The molecule has 172 valence electrons. The van der Waals surface area contributed by atoms with Gasteiger partial charge in [-0.15, -0.1) is 0 Å². The number of hydrogen-bond donors (Lipinski definition) is 2. The minimum Gasteiger partial charge on any atom is -0.478 e. The van der Waals surface area contributed by atoms with E-state index in [1.807, 2.05) is 29.2 Å². The second kappa shape index (κ2) is 9.29. The highest BCUT2D eigenvalue weighted by atomic mass is 35.5. The van der Waals surface area contributed by atoms with E-state index in [0.29, 0.717) is 36.9 Å². The fourth-order valence-electron chi connectivity index (χ4n) is 3.70. The van der Waals surface area contributed by atoms with Crippen LogP contribution in [0.4, 0.5) is 21.5 Å². The standard InChI is InChI=1S/C23H21ClFN3O4S/c24-17-2-6-19(7-3-17)27-11-13-28(14-12-27)22-10-1-16(23(29)30)15-21(22)26-33(31,32)20-8-4-18(25)5-9-20/h1-10,15,26H,11-14H2,(H,29,30). The van der Waals surface area contributed by atoms with Gasteiger partial charge in [-0.3, -0.25) is 4.72 Å². The number of carboxylic acids is 1. The Morgan fingerprint density at radius 2 is 1.52 bits per heavy atom. The highest BCUT2D eigenvalue weighted by Crippen LogP contribution is 2.31. The molecule has 1 aliphatic rings. The van der Waals surface area contributed by atoms with Crippen LogP contribution in [0, 0.1) is 5.82 Å². The van der Waals surface area contributed by atoms with Crippen LogP contribution in [-0.2, 0) is 10.0 Å². The van der Waals surface area contributed by atoms with Crippen LogP contribution in [0.5, 0.6) is 0 Å². The third-order valence-electron chi connectivity index (χ3n) is 5.42. The molecule has 10 heteroatoms. The summed E-state index contributed by atoms with van der Waals surface area (Å²) in [6.45, 7) is 2.57. The van der Waals surface area contributed by atoms with E-state index in [9.17, 15) is 22.7 Å². The van der Waals surface area contributed by atoms with E-state index in [1.165, 1.54) is 12.1 Å². The van der Waals surface area contributed by atoms with Crippen molar-refractivity contribution in [3.8, 4) is 0 Å². The minimum absolute atomic E-state index is 0.0460. The summed E-state index contributed by atoms with van der Waals surface area (Å²) in [7, 11) is -4.05. The molecule has 3 aromatic carbocycles. The Labute approximate surface area is 196 Å². The van der Waals surface area contributed by atoms with Crippen LogP contribution < -0.4 is 14.5 Å². The Morgan fingerprint density at radius 1 is 0.909 bits per heavy atom. The first-order chi connectivity index (χ1) is 15.7. The van der Waals surface area contributed by atoms with E-state index in [2.05, 4.69) is 9.62 Å². The van der Waals surface area contributed by atoms with Gasteiger partial charge in [-0.25, -0.2) is 17.6 Å². The van der Waals surface area contributed by atoms with Gasteiger partial charge in [0.05, 0.1) is 21.8 Å². The second-order valence-electron chi connectivity index (χ2n) is 7.55. The van der Waals surface area contributed by atoms with E-state index in [4.69, 9.17) is 11.6 Å². The van der Waals surface area contributed by atoms with E-state index in [1.54, 1.807) is 6.07 Å². The Morgan fingerprint density at radius 3 is 2.12 bits per heavy atom. The lowest BCUT2D eigenvalue weighted by molar-refractivity contribution is 0.0697. The number of piperazine rings is 1. The molecule has 0 amide bonds. The third-order valence-corrected chi connectivity index (χ3v) is 7.06. The summed E-state index contributed by atoms with van der Waals surface area (Å²) in [6, 6.07) is 16.3. The molecule has 0 spiro atoms. The molecule has 0 aromatic heterocycles. The first-order valence-electron chi connectivity index (χ1n) is 10.1. The molecule has 0 aliphatic carbocycles. The summed E-state index contributed by atoms with van der Waals surface area (Å²) in [5.41, 5.74) is 1.72. The van der Waals surface area contributed by atoms with Gasteiger partial charge in [-0.2, -0.15) is 0 Å². The molecule has 0 saturated carbocycles. The second-order valence-corrected chi connectivity index (χ2v) is 9.67. The van der Waals surface area contributed by atoms with Crippen molar-refractivity contribution in [1.82, 2.24) is 0 Å². The van der Waals surface area contributed by atoms with Crippen molar-refractivity contribution < 1.29 is 22.7 Å². The number of nitrogens with one attached hydrogen (secondary N) is 1. The van der Waals surface area contributed by atoms with Gasteiger partial charge in [0.15, 0.2) is 0 Å². The van der Waals surface area contributed by atoms with Gasteiger partial charge >= 0.3 is 5.97 Å². The van der Waals surface area contributed by atoms with E-state index in [0.717, 1.165) is 30.0 Å². The molecule has 33 heavy (non-hydrogen) atoms. The lowest BCUT2D eigenvalue weighted by atomic mass is 10.1. The fourth-order valence-corrected chi connectivity index (χ4v) is 4.89. The number of carbonyl (C=O) groups is 1. The van der Waals surface area contributed by atoms with Crippen molar-refractivity contribution in [3.05, 3.63) is 83.1 Å². The minimum atomic E-state index is -4.05. The molecule has 7 nitrogen and oxygen atoms in total. The number of carboxylic acid groups (broad SMARTS) is 1. The molecule has 1 aliphatic heterocycles. The summed E-state index contributed by atoms with van der Waals surface area (Å²) in [6.07, 6.45) is 0. The maximum absolute atomic E-state index is 13.2. The first kappa shape index (κ1) is 22.9. The molecule has 3 aromatic rings. The zero-order chi connectivity index (χ0) is 23.6. The monoisotopic (exact) mass is 489 g/mol. The van der Waals surface area contributed by atoms with Crippen LogP contribution in [-0.4, -0.2) is 45.7 Å². The van der Waals surface area contributed by atoms with Crippen molar-refractivity contribution in [1.29, 1.82) is 0 Å². The van der Waals surface area contributed by atoms with Crippen molar-refractivity contribution in [2.75, 3.05) is 40.7 Å². The molecule has 4 rings (SSSR count). The molecular weight excluding hydrogens is 469 g/mol. The smallest absolute Gasteiger partial charge is 0.335 e. The van der Waals surface area contributed by atoms with Gasteiger partial charge in [0.2, 0.25) is 0 Å². The van der Waals surface area contributed by atoms with Crippen molar-refractivity contribution >= 4 is 44.7 Å². The fraction of sp³-hybridized carbons (Fsp3) is 0.174. The number of rotatable bonds is 6. The molecular formula is C23H21ClFN3O4S. The van der Waals surface area contributed by atoms with E-state index in [-0.39, 0.29) is 16.1 Å².